The number of aromatic nitrogens is 1. The predicted molar refractivity (Wildman–Crippen MR) is 127 cm³/mol. The Labute approximate surface area is 197 Å². The number of benzene rings is 1. The molecule has 0 bridgehead atoms. The summed E-state index contributed by atoms with van der Waals surface area (Å²) in [4.78, 5) is 34.9. The molecule has 168 valence electrons. The monoisotopic (exact) mass is 482 g/mol. The molecule has 1 atom stereocenters. The van der Waals surface area contributed by atoms with Crippen LogP contribution in [0.5, 0.6) is 0 Å². The maximum atomic E-state index is 13.4. The summed E-state index contributed by atoms with van der Waals surface area (Å²) in [5, 5.41) is 6.67. The van der Waals surface area contributed by atoms with Gasteiger partial charge in [-0.2, -0.15) is 0 Å². The fourth-order valence-corrected chi connectivity index (χ4v) is 4.99. The third-order valence-electron chi connectivity index (χ3n) is 5.17. The zero-order valence-corrected chi connectivity index (χ0v) is 20.4. The van der Waals surface area contributed by atoms with Gasteiger partial charge < -0.3 is 15.1 Å². The van der Waals surface area contributed by atoms with Crippen molar-refractivity contribution in [2.45, 2.75) is 39.7 Å². The van der Waals surface area contributed by atoms with Gasteiger partial charge in [-0.3, -0.25) is 9.59 Å². The van der Waals surface area contributed by atoms with Crippen molar-refractivity contribution in [3.63, 3.8) is 0 Å². The molecule has 0 saturated carbocycles. The minimum Gasteiger partial charge on any atom is -0.346 e. The zero-order valence-electron chi connectivity index (χ0n) is 18.0. The van der Waals surface area contributed by atoms with Crippen molar-refractivity contribution >= 4 is 51.5 Å². The van der Waals surface area contributed by atoms with Crippen LogP contribution in [0.2, 0.25) is 10.0 Å². The normalized spacial score (nSPS) is 15.7. The van der Waals surface area contributed by atoms with Gasteiger partial charge in [0.2, 0.25) is 5.91 Å². The van der Waals surface area contributed by atoms with Crippen molar-refractivity contribution in [2.24, 2.45) is 5.92 Å². The number of thiazole rings is 1. The van der Waals surface area contributed by atoms with E-state index in [0.717, 1.165) is 30.3 Å². The van der Waals surface area contributed by atoms with Gasteiger partial charge in [0.05, 0.1) is 16.3 Å². The molecule has 1 saturated heterocycles. The fraction of sp³-hybridized carbons (Fsp3) is 0.500. The third kappa shape index (κ3) is 6.34. The van der Waals surface area contributed by atoms with Gasteiger partial charge in [-0.25, -0.2) is 4.98 Å². The number of aryl methyl sites for hydroxylation is 1. The Balaban J connectivity index is 1.69. The molecule has 6 nitrogen and oxygen atoms in total. The van der Waals surface area contributed by atoms with E-state index in [2.05, 4.69) is 15.2 Å². The highest BCUT2D eigenvalue weighted by molar-refractivity contribution is 7.13. The molecule has 1 unspecified atom stereocenters. The number of hydrogen-bond acceptors (Lipinski definition) is 5. The summed E-state index contributed by atoms with van der Waals surface area (Å²) in [5.74, 6) is -0.170. The first-order chi connectivity index (χ1) is 14.7. The summed E-state index contributed by atoms with van der Waals surface area (Å²) in [7, 11) is 0. The summed E-state index contributed by atoms with van der Waals surface area (Å²) in [5.41, 5.74) is 1.33. The van der Waals surface area contributed by atoms with Crippen LogP contribution in [-0.4, -0.2) is 53.9 Å². The Morgan fingerprint density at radius 1 is 1.19 bits per heavy atom. The molecule has 1 N–H and O–H groups in total. The largest absolute Gasteiger partial charge is 0.346 e. The van der Waals surface area contributed by atoms with Crippen LogP contribution < -0.4 is 10.2 Å². The number of anilines is 1. The summed E-state index contributed by atoms with van der Waals surface area (Å²) in [6.07, 6.45) is 1.41. The van der Waals surface area contributed by atoms with E-state index >= 15 is 0 Å². The Kier molecular flexibility index (Phi) is 8.19. The Morgan fingerprint density at radius 3 is 2.61 bits per heavy atom. The lowest BCUT2D eigenvalue weighted by molar-refractivity contribution is -0.133. The van der Waals surface area contributed by atoms with Crippen molar-refractivity contribution in [1.29, 1.82) is 0 Å². The number of nitrogens with one attached hydrogen (secondary N) is 1. The van der Waals surface area contributed by atoms with E-state index in [1.54, 1.807) is 23.5 Å². The number of amides is 2. The molecule has 3 rings (SSSR count). The van der Waals surface area contributed by atoms with Gasteiger partial charge >= 0.3 is 0 Å². The van der Waals surface area contributed by atoms with Crippen LogP contribution in [0.4, 0.5) is 5.13 Å². The maximum Gasteiger partial charge on any atom is 0.253 e. The van der Waals surface area contributed by atoms with E-state index < -0.39 is 6.04 Å². The number of hydrogen-bond donors (Lipinski definition) is 1. The third-order valence-corrected chi connectivity index (χ3v) is 6.74. The summed E-state index contributed by atoms with van der Waals surface area (Å²) >= 11 is 13.8. The standard InChI is InChI=1S/C22H28Cl2N4O2S/c1-14(2)11-19(26-20(29)17-6-5-16(23)12-18(17)24)21(30)27-7-4-8-28(10-9-27)22-25-15(3)13-31-22/h5-6,12-14,19H,4,7-11H2,1-3H3,(H,26,29). The number of rotatable bonds is 6. The lowest BCUT2D eigenvalue weighted by Crippen LogP contribution is -2.50. The topological polar surface area (TPSA) is 65.5 Å². The Bertz CT molecular complexity index is 934. The lowest BCUT2D eigenvalue weighted by Gasteiger charge is -2.28. The van der Waals surface area contributed by atoms with Gasteiger partial charge in [-0.15, -0.1) is 11.3 Å². The molecule has 9 heteroatoms. The second-order valence-corrected chi connectivity index (χ2v) is 9.90. The summed E-state index contributed by atoms with van der Waals surface area (Å²) < 4.78 is 0. The zero-order chi connectivity index (χ0) is 22.5. The second-order valence-electron chi connectivity index (χ2n) is 8.22. The highest BCUT2D eigenvalue weighted by Crippen LogP contribution is 2.23. The predicted octanol–water partition coefficient (Wildman–Crippen LogP) is 4.64. The number of halogens is 2. The minimum atomic E-state index is -0.604. The minimum absolute atomic E-state index is 0.0516. The summed E-state index contributed by atoms with van der Waals surface area (Å²) in [6, 6.07) is 4.12. The quantitative estimate of drug-likeness (QED) is 0.650. The van der Waals surface area contributed by atoms with Gasteiger partial charge in [-0.1, -0.05) is 37.0 Å². The summed E-state index contributed by atoms with van der Waals surface area (Å²) in [6.45, 7) is 8.91. The first kappa shape index (κ1) is 23.8. The van der Waals surface area contributed by atoms with Crippen molar-refractivity contribution in [1.82, 2.24) is 15.2 Å². The molecule has 1 aliphatic heterocycles. The first-order valence-electron chi connectivity index (χ1n) is 10.5. The van der Waals surface area contributed by atoms with E-state index in [0.29, 0.717) is 30.1 Å². The molecule has 2 heterocycles. The van der Waals surface area contributed by atoms with Crippen LogP contribution in [-0.2, 0) is 4.79 Å². The van der Waals surface area contributed by atoms with Crippen LogP contribution in [0.15, 0.2) is 23.6 Å². The molecule has 0 radical (unpaired) electrons. The van der Waals surface area contributed by atoms with Crippen molar-refractivity contribution in [3.05, 3.63) is 44.9 Å². The van der Waals surface area contributed by atoms with Crippen molar-refractivity contribution in [2.75, 3.05) is 31.1 Å². The Hall–Kier alpha value is -1.83. The second kappa shape index (κ2) is 10.7. The van der Waals surface area contributed by atoms with Crippen LogP contribution in [0.3, 0.4) is 0 Å². The first-order valence-corrected chi connectivity index (χ1v) is 12.1. The van der Waals surface area contributed by atoms with E-state index in [-0.39, 0.29) is 22.8 Å². The van der Waals surface area contributed by atoms with Crippen LogP contribution in [0, 0.1) is 12.8 Å². The number of nitrogens with zero attached hydrogens (tertiary/aromatic N) is 3. The van der Waals surface area contributed by atoms with Gasteiger partial charge in [0, 0.05) is 36.6 Å². The lowest BCUT2D eigenvalue weighted by atomic mass is 10.0. The molecule has 2 amide bonds. The number of carbonyl (C=O) groups is 2. The average molecular weight is 483 g/mol. The molecular formula is C22H28Cl2N4O2S. The van der Waals surface area contributed by atoms with E-state index in [1.807, 2.05) is 31.1 Å². The van der Waals surface area contributed by atoms with Crippen LogP contribution in [0.25, 0.3) is 0 Å². The van der Waals surface area contributed by atoms with Crippen molar-refractivity contribution < 1.29 is 9.59 Å². The highest BCUT2D eigenvalue weighted by Gasteiger charge is 2.29. The van der Waals surface area contributed by atoms with E-state index in [9.17, 15) is 9.59 Å². The van der Waals surface area contributed by atoms with Gasteiger partial charge in [0.25, 0.3) is 5.91 Å². The molecule has 1 aliphatic rings. The molecule has 31 heavy (non-hydrogen) atoms. The molecule has 2 aromatic rings. The van der Waals surface area contributed by atoms with Crippen LogP contribution in [0.1, 0.15) is 42.7 Å². The average Bonchev–Trinajstić information content (AvgIpc) is 2.98. The molecule has 1 aromatic carbocycles. The fourth-order valence-electron chi connectivity index (χ4n) is 3.64. The van der Waals surface area contributed by atoms with Crippen molar-refractivity contribution in [3.8, 4) is 0 Å². The van der Waals surface area contributed by atoms with Gasteiger partial charge in [-0.05, 0) is 43.9 Å². The SMILES string of the molecule is Cc1csc(N2CCCN(C(=O)C(CC(C)C)NC(=O)c3ccc(Cl)cc3Cl)CC2)n1. The van der Waals surface area contributed by atoms with Crippen LogP contribution >= 0.6 is 34.5 Å². The molecular weight excluding hydrogens is 455 g/mol. The van der Waals surface area contributed by atoms with Gasteiger partial charge in [0.1, 0.15) is 6.04 Å². The molecule has 1 aromatic heterocycles. The van der Waals surface area contributed by atoms with E-state index in [1.165, 1.54) is 6.07 Å². The smallest absolute Gasteiger partial charge is 0.253 e. The highest BCUT2D eigenvalue weighted by atomic mass is 35.5. The molecule has 0 aliphatic carbocycles. The maximum absolute atomic E-state index is 13.4. The Morgan fingerprint density at radius 2 is 1.97 bits per heavy atom. The molecule has 1 fully saturated rings. The number of carbonyl (C=O) groups excluding carboxylic acids is 2. The van der Waals surface area contributed by atoms with Gasteiger partial charge in [0.15, 0.2) is 5.13 Å². The molecule has 0 spiro atoms. The van der Waals surface area contributed by atoms with E-state index in [4.69, 9.17) is 23.2 Å².